The summed E-state index contributed by atoms with van der Waals surface area (Å²) >= 11 is 0. The topological polar surface area (TPSA) is 70.1 Å². The third-order valence-corrected chi connectivity index (χ3v) is 7.13. The lowest BCUT2D eigenvalue weighted by atomic mass is 9.63. The highest BCUT2D eigenvalue weighted by Gasteiger charge is 2.72. The van der Waals surface area contributed by atoms with Crippen molar-refractivity contribution in [3.63, 3.8) is 0 Å². The van der Waals surface area contributed by atoms with Gasteiger partial charge in [0.05, 0.1) is 13.7 Å². The first-order valence-electron chi connectivity index (χ1n) is 10.5. The first kappa shape index (κ1) is 20.1. The molecule has 156 valence electrons. The molecule has 2 heterocycles. The Morgan fingerprint density at radius 3 is 2.66 bits per heavy atom. The van der Waals surface area contributed by atoms with Crippen LogP contribution in [-0.2, 0) is 16.1 Å². The van der Waals surface area contributed by atoms with Gasteiger partial charge < -0.3 is 14.7 Å². The number of likely N-dealkylation sites (tertiary alicyclic amines) is 2. The molecule has 3 aliphatic rings. The number of rotatable bonds is 7. The van der Waals surface area contributed by atoms with Gasteiger partial charge in [-0.15, -0.1) is 0 Å². The molecule has 6 heteroatoms. The Bertz CT molecular complexity index is 821. The summed E-state index contributed by atoms with van der Waals surface area (Å²) in [5, 5.41) is 10.6. The number of allylic oxidation sites excluding steroid dienone is 1. The van der Waals surface area contributed by atoms with Gasteiger partial charge in [0.15, 0.2) is 5.78 Å². The number of ether oxygens (including phenoxy) is 1. The second-order valence-corrected chi connectivity index (χ2v) is 8.57. The highest BCUT2D eigenvalue weighted by Crippen LogP contribution is 2.58. The summed E-state index contributed by atoms with van der Waals surface area (Å²) in [6.07, 6.45) is 6.01. The summed E-state index contributed by atoms with van der Waals surface area (Å²) in [5.41, 5.74) is -0.445. The number of nitrogens with zero attached hydrogens (tertiary/aromatic N) is 2. The van der Waals surface area contributed by atoms with Gasteiger partial charge in [0.2, 0.25) is 5.91 Å². The summed E-state index contributed by atoms with van der Waals surface area (Å²) < 4.78 is 5.22. The predicted octanol–water partition coefficient (Wildman–Crippen LogP) is 2.02. The molecule has 1 N–H and O–H groups in total. The number of methoxy groups -OCH3 is 1. The number of carbonyl (C=O) groups is 2. The normalized spacial score (nSPS) is 31.3. The van der Waals surface area contributed by atoms with E-state index >= 15 is 0 Å². The maximum absolute atomic E-state index is 13.8. The van der Waals surface area contributed by atoms with E-state index in [1.807, 2.05) is 35.2 Å². The zero-order valence-corrected chi connectivity index (χ0v) is 17.3. The van der Waals surface area contributed by atoms with E-state index in [0.717, 1.165) is 30.7 Å². The monoisotopic (exact) mass is 398 g/mol. The Morgan fingerprint density at radius 2 is 2.00 bits per heavy atom. The molecule has 1 aromatic rings. The maximum atomic E-state index is 13.8. The van der Waals surface area contributed by atoms with E-state index in [4.69, 9.17) is 4.74 Å². The van der Waals surface area contributed by atoms with Gasteiger partial charge in [-0.25, -0.2) is 0 Å². The molecule has 2 fully saturated rings. The van der Waals surface area contributed by atoms with Gasteiger partial charge in [-0.1, -0.05) is 31.6 Å². The molecule has 1 aromatic carbocycles. The molecule has 1 aliphatic carbocycles. The fraction of sp³-hybridized carbons (Fsp3) is 0.565. The zero-order valence-electron chi connectivity index (χ0n) is 17.3. The molecule has 1 spiro atoms. The summed E-state index contributed by atoms with van der Waals surface area (Å²) in [4.78, 5) is 29.9. The van der Waals surface area contributed by atoms with E-state index in [1.165, 1.54) is 0 Å². The molecule has 4 rings (SSSR count). The van der Waals surface area contributed by atoms with Crippen LogP contribution in [0.15, 0.2) is 36.4 Å². The van der Waals surface area contributed by atoms with Gasteiger partial charge in [-0.05, 0) is 42.7 Å². The minimum Gasteiger partial charge on any atom is -0.497 e. The molecule has 0 radical (unpaired) electrons. The number of carbonyl (C=O) groups excluding carboxylic acids is 2. The molecule has 0 aromatic heterocycles. The molecular formula is C23H30N2O4. The minimum atomic E-state index is -0.962. The second-order valence-electron chi connectivity index (χ2n) is 8.57. The molecule has 0 saturated carbocycles. The molecule has 0 unspecified atom stereocenters. The zero-order chi connectivity index (χ0) is 20.6. The van der Waals surface area contributed by atoms with Crippen molar-refractivity contribution in [2.75, 3.05) is 33.4 Å². The minimum absolute atomic E-state index is 0.0200. The van der Waals surface area contributed by atoms with Crippen LogP contribution in [-0.4, -0.2) is 65.5 Å². The highest BCUT2D eigenvalue weighted by molar-refractivity contribution is 5.96. The molecule has 2 aliphatic heterocycles. The lowest BCUT2D eigenvalue weighted by molar-refractivity contribution is -0.141. The van der Waals surface area contributed by atoms with Crippen LogP contribution < -0.4 is 4.74 Å². The van der Waals surface area contributed by atoms with E-state index in [-0.39, 0.29) is 24.2 Å². The third kappa shape index (κ3) is 2.92. The lowest BCUT2D eigenvalue weighted by Gasteiger charge is -2.41. The van der Waals surface area contributed by atoms with Gasteiger partial charge in [-0.3, -0.25) is 14.5 Å². The Morgan fingerprint density at radius 1 is 1.24 bits per heavy atom. The van der Waals surface area contributed by atoms with Gasteiger partial charge in [0, 0.05) is 31.5 Å². The Kier molecular flexibility index (Phi) is 5.25. The largest absolute Gasteiger partial charge is 0.497 e. The smallest absolute Gasteiger partial charge is 0.246 e. The number of hydrogen-bond donors (Lipinski definition) is 1. The number of unbranched alkanes of at least 4 members (excludes halogenated alkanes) is 1. The molecule has 0 bridgehead atoms. The Balaban J connectivity index is 1.69. The van der Waals surface area contributed by atoms with Crippen molar-refractivity contribution in [1.82, 2.24) is 9.80 Å². The van der Waals surface area contributed by atoms with Crippen molar-refractivity contribution in [1.29, 1.82) is 0 Å². The van der Waals surface area contributed by atoms with E-state index in [1.54, 1.807) is 13.2 Å². The highest BCUT2D eigenvalue weighted by atomic mass is 16.5. The number of hydrogen-bond acceptors (Lipinski definition) is 5. The van der Waals surface area contributed by atoms with Gasteiger partial charge in [0.25, 0.3) is 0 Å². The fourth-order valence-corrected chi connectivity index (χ4v) is 5.61. The summed E-state index contributed by atoms with van der Waals surface area (Å²) in [7, 11) is 1.63. The number of ketones is 1. The van der Waals surface area contributed by atoms with Crippen LogP contribution in [0.1, 0.15) is 31.7 Å². The average Bonchev–Trinajstić information content (AvgIpc) is 3.13. The van der Waals surface area contributed by atoms with Crippen molar-refractivity contribution >= 4 is 11.7 Å². The second kappa shape index (κ2) is 7.58. The van der Waals surface area contributed by atoms with Gasteiger partial charge in [-0.2, -0.15) is 0 Å². The van der Waals surface area contributed by atoms with E-state index in [9.17, 15) is 14.7 Å². The van der Waals surface area contributed by atoms with Gasteiger partial charge >= 0.3 is 0 Å². The summed E-state index contributed by atoms with van der Waals surface area (Å²) in [6.45, 7) is 4.39. The molecule has 1 amide bonds. The average molecular weight is 399 g/mol. The van der Waals surface area contributed by atoms with Crippen molar-refractivity contribution in [3.8, 4) is 5.75 Å². The van der Waals surface area contributed by atoms with Crippen LogP contribution in [0.25, 0.3) is 0 Å². The van der Waals surface area contributed by atoms with Crippen LogP contribution in [0.5, 0.6) is 5.75 Å². The van der Waals surface area contributed by atoms with E-state index in [2.05, 4.69) is 11.8 Å². The third-order valence-electron chi connectivity index (χ3n) is 7.13. The molecule has 6 nitrogen and oxygen atoms in total. The van der Waals surface area contributed by atoms with Gasteiger partial charge in [0.1, 0.15) is 11.3 Å². The van der Waals surface area contributed by atoms with Crippen LogP contribution >= 0.6 is 0 Å². The molecular weight excluding hydrogens is 368 g/mol. The number of aliphatic hydroxyl groups is 1. The van der Waals surface area contributed by atoms with E-state index < -0.39 is 11.0 Å². The number of aliphatic hydroxyl groups excluding tert-OH is 1. The Labute approximate surface area is 172 Å². The number of benzene rings is 1. The first-order chi connectivity index (χ1) is 14.0. The number of amides is 1. The molecule has 2 saturated heterocycles. The van der Waals surface area contributed by atoms with Crippen molar-refractivity contribution in [2.45, 2.75) is 38.3 Å². The van der Waals surface area contributed by atoms with Crippen molar-refractivity contribution in [3.05, 3.63) is 42.0 Å². The van der Waals surface area contributed by atoms with Crippen LogP contribution in [0.2, 0.25) is 0 Å². The van der Waals surface area contributed by atoms with E-state index in [0.29, 0.717) is 26.1 Å². The van der Waals surface area contributed by atoms with Crippen molar-refractivity contribution in [2.24, 2.45) is 11.3 Å². The van der Waals surface area contributed by atoms with Crippen LogP contribution in [0.3, 0.4) is 0 Å². The van der Waals surface area contributed by atoms with Crippen LogP contribution in [0.4, 0.5) is 0 Å². The maximum Gasteiger partial charge on any atom is 0.246 e. The summed E-state index contributed by atoms with van der Waals surface area (Å²) in [5.74, 6) is 0.941. The SMILES string of the molecule is CCCCN1C[C@@H]2CC(=O)C=C[C@@]23CN(Cc2ccc(OC)cc2)C(=O)[C@@]13CO. The summed E-state index contributed by atoms with van der Waals surface area (Å²) in [6, 6.07) is 7.73. The lowest BCUT2D eigenvalue weighted by Crippen LogP contribution is -2.60. The van der Waals surface area contributed by atoms with Crippen LogP contribution in [0, 0.1) is 11.3 Å². The Hall–Kier alpha value is -2.18. The van der Waals surface area contributed by atoms with Crippen molar-refractivity contribution < 1.29 is 19.4 Å². The first-order valence-corrected chi connectivity index (χ1v) is 10.5. The molecule has 29 heavy (non-hydrogen) atoms. The quantitative estimate of drug-likeness (QED) is 0.761. The standard InChI is InChI=1S/C23H30N2O4/c1-3-4-11-25-14-18-12-19(27)9-10-22(18)15-24(21(28)23(22,25)16-26)13-17-5-7-20(29-2)8-6-17/h5-10,18,26H,3-4,11-16H2,1-2H3/t18-,22+,23+/m0/s1. The fourth-order valence-electron chi connectivity index (χ4n) is 5.61. The molecule has 3 atom stereocenters. The predicted molar refractivity (Wildman–Crippen MR) is 109 cm³/mol.